The second kappa shape index (κ2) is 13.8. The third-order valence-corrected chi connectivity index (χ3v) is 8.18. The van der Waals surface area contributed by atoms with Gasteiger partial charge < -0.3 is 26.4 Å². The lowest BCUT2D eigenvalue weighted by Gasteiger charge is -2.38. The highest BCUT2D eigenvalue weighted by atomic mass is 35.5. The number of alkyl halides is 3. The van der Waals surface area contributed by atoms with E-state index in [1.165, 1.54) is 55.9 Å². The number of hydrogen-bond donors (Lipinski definition) is 4. The van der Waals surface area contributed by atoms with Crippen LogP contribution in [-0.4, -0.2) is 74.5 Å². The summed E-state index contributed by atoms with van der Waals surface area (Å²) < 4.78 is 45.1. The first-order valence-corrected chi connectivity index (χ1v) is 15.2. The average molecular weight is 694 g/mol. The number of nitrogens with two attached hydrogens (primary N) is 1. The van der Waals surface area contributed by atoms with Crippen LogP contribution >= 0.6 is 23.2 Å². The minimum atomic E-state index is -5.15. The van der Waals surface area contributed by atoms with Gasteiger partial charge in [-0.1, -0.05) is 35.3 Å². The monoisotopic (exact) mass is 692 g/mol. The summed E-state index contributed by atoms with van der Waals surface area (Å²) in [7, 11) is 0. The normalized spacial score (nSPS) is 13.7. The molecule has 1 unspecified atom stereocenters. The number of carbonyl (C=O) groups is 3. The molecule has 0 spiro atoms. The number of aromatic nitrogens is 2. The summed E-state index contributed by atoms with van der Waals surface area (Å²) in [4.78, 5) is 38.3. The standard InChI is InChI=1S/C32H33Cl2F3N6O4/c1-17(2)42(30(46)27-23(33)9-6-10-24(27)34)16-31(47,32(35,36)37)15-39-25-11-18(3)12-26-22(25)14-40-43(26)21-8-5-7-20(13-21)29(45)41-19(4)28(38)44/h5-14,17,19,39,47H,15-16H2,1-4H3,(H2,38,44)(H,41,45)/t19-,31?/m1/s1. The zero-order chi connectivity index (χ0) is 34.8. The molecule has 3 amide bonds. The highest BCUT2D eigenvalue weighted by molar-refractivity contribution is 6.39. The van der Waals surface area contributed by atoms with Crippen LogP contribution in [0.1, 0.15) is 47.1 Å². The van der Waals surface area contributed by atoms with Gasteiger partial charge in [0, 0.05) is 22.7 Å². The summed E-state index contributed by atoms with van der Waals surface area (Å²) in [6.07, 6.45) is -3.72. The molecule has 0 aliphatic rings. The Morgan fingerprint density at radius 1 is 1.04 bits per heavy atom. The minimum Gasteiger partial charge on any atom is -0.381 e. The van der Waals surface area contributed by atoms with Crippen molar-refractivity contribution in [1.82, 2.24) is 20.0 Å². The number of primary amides is 1. The predicted octanol–water partition coefficient (Wildman–Crippen LogP) is 5.50. The smallest absolute Gasteiger partial charge is 0.381 e. The summed E-state index contributed by atoms with van der Waals surface area (Å²) in [5, 5.41) is 21.1. The van der Waals surface area contributed by atoms with E-state index in [0.717, 1.165) is 4.90 Å². The van der Waals surface area contributed by atoms with Gasteiger partial charge in [0.15, 0.2) is 5.60 Å². The maximum Gasteiger partial charge on any atom is 0.420 e. The van der Waals surface area contributed by atoms with E-state index in [1.54, 1.807) is 37.3 Å². The Hall–Kier alpha value is -4.33. The number of benzene rings is 3. The highest BCUT2D eigenvalue weighted by Crippen LogP contribution is 2.35. The highest BCUT2D eigenvalue weighted by Gasteiger charge is 2.55. The van der Waals surface area contributed by atoms with E-state index < -0.39 is 54.7 Å². The maximum absolute atomic E-state index is 14.5. The lowest BCUT2D eigenvalue weighted by Crippen LogP contribution is -2.59. The molecule has 250 valence electrons. The molecule has 0 aliphatic carbocycles. The average Bonchev–Trinajstić information content (AvgIpc) is 3.41. The van der Waals surface area contributed by atoms with Gasteiger partial charge in [0.2, 0.25) is 5.91 Å². The number of hydrogen-bond acceptors (Lipinski definition) is 6. The maximum atomic E-state index is 14.5. The molecule has 2 atom stereocenters. The molecule has 0 radical (unpaired) electrons. The minimum absolute atomic E-state index is 0.0348. The van der Waals surface area contributed by atoms with E-state index in [1.807, 2.05) is 0 Å². The SMILES string of the molecule is Cc1cc(NCC(O)(CN(C(=O)c2c(Cl)cccc2Cl)C(C)C)C(F)(F)F)c2cnn(-c3cccc(C(=O)N[C@H](C)C(N)=O)c3)c2c1. The number of carbonyl (C=O) groups excluding carboxylic acids is 3. The fraction of sp³-hybridized carbons (Fsp3) is 0.312. The Kier molecular flexibility index (Phi) is 10.4. The van der Waals surface area contributed by atoms with E-state index in [0.29, 0.717) is 22.2 Å². The van der Waals surface area contributed by atoms with Crippen LogP contribution in [0, 0.1) is 6.92 Å². The molecule has 3 aromatic carbocycles. The Bertz CT molecular complexity index is 1810. The van der Waals surface area contributed by atoms with Crippen molar-refractivity contribution in [2.75, 3.05) is 18.4 Å². The molecular formula is C32H33Cl2F3N6O4. The number of nitrogens with zero attached hydrogens (tertiary/aromatic N) is 3. The van der Waals surface area contributed by atoms with Gasteiger partial charge in [-0.25, -0.2) is 4.68 Å². The van der Waals surface area contributed by atoms with Gasteiger partial charge in [-0.3, -0.25) is 14.4 Å². The Labute approximate surface area is 278 Å². The third kappa shape index (κ3) is 7.64. The van der Waals surface area contributed by atoms with Crippen molar-refractivity contribution in [2.24, 2.45) is 5.73 Å². The summed E-state index contributed by atoms with van der Waals surface area (Å²) in [5.41, 5.74) is 3.78. The van der Waals surface area contributed by atoms with E-state index in [-0.39, 0.29) is 26.9 Å². The van der Waals surface area contributed by atoms with Gasteiger partial charge in [0.25, 0.3) is 11.8 Å². The number of aryl methyl sites for hydroxylation is 1. The Morgan fingerprint density at radius 3 is 2.28 bits per heavy atom. The molecular weight excluding hydrogens is 660 g/mol. The quantitative estimate of drug-likeness (QED) is 0.164. The van der Waals surface area contributed by atoms with Crippen molar-refractivity contribution < 1.29 is 32.7 Å². The second-order valence-corrected chi connectivity index (χ2v) is 12.3. The molecule has 0 fully saturated rings. The molecule has 0 bridgehead atoms. The molecule has 0 aliphatic heterocycles. The van der Waals surface area contributed by atoms with Crippen LogP contribution in [0.25, 0.3) is 16.6 Å². The number of aliphatic hydroxyl groups is 1. The summed E-state index contributed by atoms with van der Waals surface area (Å²) in [5.74, 6) is -2.10. The van der Waals surface area contributed by atoms with Gasteiger partial charge in [0.05, 0.1) is 46.1 Å². The molecule has 1 heterocycles. The van der Waals surface area contributed by atoms with Gasteiger partial charge in [-0.15, -0.1) is 0 Å². The number of anilines is 1. The molecule has 0 saturated heterocycles. The molecule has 5 N–H and O–H groups in total. The van der Waals surface area contributed by atoms with Crippen molar-refractivity contribution in [2.45, 2.75) is 51.6 Å². The van der Waals surface area contributed by atoms with Gasteiger partial charge in [0.1, 0.15) is 6.04 Å². The van der Waals surface area contributed by atoms with Gasteiger partial charge >= 0.3 is 6.18 Å². The van der Waals surface area contributed by atoms with E-state index >= 15 is 0 Å². The van der Waals surface area contributed by atoms with Crippen LogP contribution in [0.4, 0.5) is 18.9 Å². The number of amides is 3. The zero-order valence-electron chi connectivity index (χ0n) is 25.8. The fourth-order valence-electron chi connectivity index (χ4n) is 4.85. The molecule has 0 saturated carbocycles. The molecule has 15 heteroatoms. The van der Waals surface area contributed by atoms with Crippen LogP contribution in [0.5, 0.6) is 0 Å². The van der Waals surface area contributed by atoms with Crippen molar-refractivity contribution in [3.05, 3.63) is 87.5 Å². The number of halogens is 5. The van der Waals surface area contributed by atoms with E-state index in [9.17, 15) is 32.7 Å². The largest absolute Gasteiger partial charge is 0.420 e. The molecule has 4 rings (SSSR count). The second-order valence-electron chi connectivity index (χ2n) is 11.5. The van der Waals surface area contributed by atoms with E-state index in [2.05, 4.69) is 15.7 Å². The number of fused-ring (bicyclic) bond motifs is 1. The topological polar surface area (TPSA) is 143 Å². The van der Waals surface area contributed by atoms with Crippen LogP contribution in [0.3, 0.4) is 0 Å². The summed E-state index contributed by atoms with van der Waals surface area (Å²) >= 11 is 12.3. The van der Waals surface area contributed by atoms with Crippen LogP contribution in [0.15, 0.2) is 60.8 Å². The lowest BCUT2D eigenvalue weighted by molar-refractivity contribution is -0.258. The first-order chi connectivity index (χ1) is 21.9. The van der Waals surface area contributed by atoms with Crippen LogP contribution < -0.4 is 16.4 Å². The van der Waals surface area contributed by atoms with Crippen molar-refractivity contribution in [3.8, 4) is 5.69 Å². The fourth-order valence-corrected chi connectivity index (χ4v) is 5.41. The van der Waals surface area contributed by atoms with E-state index in [4.69, 9.17) is 28.9 Å². The van der Waals surface area contributed by atoms with Crippen LogP contribution in [-0.2, 0) is 4.79 Å². The molecule has 47 heavy (non-hydrogen) atoms. The first-order valence-electron chi connectivity index (χ1n) is 14.4. The van der Waals surface area contributed by atoms with Crippen molar-refractivity contribution in [3.63, 3.8) is 0 Å². The van der Waals surface area contributed by atoms with Crippen LogP contribution in [0.2, 0.25) is 10.0 Å². The Balaban J connectivity index is 1.66. The number of rotatable bonds is 11. The van der Waals surface area contributed by atoms with Gasteiger partial charge in [-0.05, 0) is 75.7 Å². The third-order valence-electron chi connectivity index (χ3n) is 7.55. The van der Waals surface area contributed by atoms with Gasteiger partial charge in [-0.2, -0.15) is 18.3 Å². The predicted molar refractivity (Wildman–Crippen MR) is 174 cm³/mol. The molecule has 4 aromatic rings. The molecule has 1 aromatic heterocycles. The molecule has 10 nitrogen and oxygen atoms in total. The van der Waals surface area contributed by atoms with Crippen molar-refractivity contribution >= 4 is 57.5 Å². The first kappa shape index (κ1) is 35.5. The number of nitrogens with one attached hydrogen (secondary N) is 2. The summed E-state index contributed by atoms with van der Waals surface area (Å²) in [6, 6.07) is 12.4. The Morgan fingerprint density at radius 2 is 1.68 bits per heavy atom. The summed E-state index contributed by atoms with van der Waals surface area (Å²) in [6.45, 7) is 4.10. The lowest BCUT2D eigenvalue weighted by atomic mass is 10.00. The van der Waals surface area contributed by atoms with Crippen molar-refractivity contribution in [1.29, 1.82) is 0 Å². The zero-order valence-corrected chi connectivity index (χ0v) is 27.3.